The smallest absolute Gasteiger partial charge is 0.329 e. The monoisotopic (exact) mass is 203 g/mol. The van der Waals surface area contributed by atoms with Crippen LogP contribution >= 0.6 is 0 Å². The van der Waals surface area contributed by atoms with Crippen LogP contribution in [0.15, 0.2) is 23.0 Å². The van der Waals surface area contributed by atoms with Gasteiger partial charge < -0.3 is 5.73 Å². The average Bonchev–Trinajstić information content (AvgIpc) is 2.98. The Morgan fingerprint density at radius 3 is 2.73 bits per heavy atom. The van der Waals surface area contributed by atoms with Crippen molar-refractivity contribution < 1.29 is 0 Å². The normalized spacial score (nSPS) is 16.1. The first kappa shape index (κ1) is 8.59. The lowest BCUT2D eigenvalue weighted by Crippen LogP contribution is -2.21. The van der Waals surface area contributed by atoms with E-state index in [0.717, 1.165) is 23.9 Å². The second-order valence-corrected chi connectivity index (χ2v) is 4.19. The van der Waals surface area contributed by atoms with Crippen LogP contribution in [-0.2, 0) is 7.05 Å². The summed E-state index contributed by atoms with van der Waals surface area (Å²) >= 11 is 0. The van der Waals surface area contributed by atoms with Crippen molar-refractivity contribution >= 4 is 16.7 Å². The van der Waals surface area contributed by atoms with Crippen molar-refractivity contribution in [2.24, 2.45) is 7.05 Å². The highest BCUT2D eigenvalue weighted by molar-refractivity contribution is 5.80. The molecule has 4 nitrogen and oxygen atoms in total. The SMILES string of the molecule is Cn1c(=O)n(C2CC2)c2cc(N)ccc21. The van der Waals surface area contributed by atoms with Gasteiger partial charge in [-0.3, -0.25) is 9.13 Å². The minimum Gasteiger partial charge on any atom is -0.399 e. The lowest BCUT2D eigenvalue weighted by atomic mass is 10.3. The largest absolute Gasteiger partial charge is 0.399 e. The summed E-state index contributed by atoms with van der Waals surface area (Å²) in [5.74, 6) is 0. The first-order valence-corrected chi connectivity index (χ1v) is 5.15. The van der Waals surface area contributed by atoms with Crippen LogP contribution in [0.5, 0.6) is 0 Å². The fraction of sp³-hybridized carbons (Fsp3) is 0.364. The summed E-state index contributed by atoms with van der Waals surface area (Å²) in [5.41, 5.74) is 8.45. The van der Waals surface area contributed by atoms with Gasteiger partial charge in [-0.1, -0.05) is 0 Å². The lowest BCUT2D eigenvalue weighted by Gasteiger charge is -1.99. The molecular weight excluding hydrogens is 190 g/mol. The molecule has 78 valence electrons. The standard InChI is InChI=1S/C11H13N3O/c1-13-9-5-2-7(12)6-10(9)14(11(13)15)8-3-4-8/h2,5-6,8H,3-4,12H2,1H3. The van der Waals surface area contributed by atoms with Gasteiger partial charge in [0.15, 0.2) is 0 Å². The number of imidazole rings is 1. The van der Waals surface area contributed by atoms with Crippen molar-refractivity contribution in [3.05, 3.63) is 28.7 Å². The summed E-state index contributed by atoms with van der Waals surface area (Å²) < 4.78 is 3.55. The number of hydrogen-bond acceptors (Lipinski definition) is 2. The maximum absolute atomic E-state index is 12.0. The quantitative estimate of drug-likeness (QED) is 0.709. The molecule has 1 aromatic heterocycles. The van der Waals surface area contributed by atoms with E-state index in [9.17, 15) is 4.79 Å². The summed E-state index contributed by atoms with van der Waals surface area (Å²) in [6.07, 6.45) is 2.21. The molecule has 0 amide bonds. The molecule has 1 aliphatic carbocycles. The van der Waals surface area contributed by atoms with E-state index in [-0.39, 0.29) is 5.69 Å². The molecule has 1 saturated carbocycles. The number of nitrogens with zero attached hydrogens (tertiary/aromatic N) is 2. The van der Waals surface area contributed by atoms with E-state index < -0.39 is 0 Å². The minimum atomic E-state index is 0.0677. The lowest BCUT2D eigenvalue weighted by molar-refractivity contribution is 0.696. The zero-order chi connectivity index (χ0) is 10.6. The number of aromatic nitrogens is 2. The Morgan fingerprint density at radius 2 is 2.07 bits per heavy atom. The molecule has 3 rings (SSSR count). The Bertz CT molecular complexity index is 590. The molecule has 1 fully saturated rings. The van der Waals surface area contributed by atoms with Gasteiger partial charge >= 0.3 is 5.69 Å². The number of benzene rings is 1. The molecular formula is C11H13N3O. The topological polar surface area (TPSA) is 53.0 Å². The van der Waals surface area contributed by atoms with E-state index in [1.165, 1.54) is 0 Å². The van der Waals surface area contributed by atoms with Crippen LogP contribution in [0.4, 0.5) is 5.69 Å². The number of nitrogens with two attached hydrogens (primary N) is 1. The highest BCUT2D eigenvalue weighted by Gasteiger charge is 2.28. The summed E-state index contributed by atoms with van der Waals surface area (Å²) in [4.78, 5) is 12.0. The minimum absolute atomic E-state index is 0.0677. The molecule has 0 saturated heterocycles. The first-order valence-electron chi connectivity index (χ1n) is 5.15. The van der Waals surface area contributed by atoms with Crippen molar-refractivity contribution in [2.45, 2.75) is 18.9 Å². The summed E-state index contributed by atoms with van der Waals surface area (Å²) in [6.45, 7) is 0. The fourth-order valence-electron chi connectivity index (χ4n) is 2.07. The zero-order valence-corrected chi connectivity index (χ0v) is 8.60. The van der Waals surface area contributed by atoms with Crippen molar-refractivity contribution in [1.82, 2.24) is 9.13 Å². The van der Waals surface area contributed by atoms with E-state index in [4.69, 9.17) is 5.73 Å². The number of fused-ring (bicyclic) bond motifs is 1. The van der Waals surface area contributed by atoms with Gasteiger partial charge in [0.1, 0.15) is 0 Å². The van der Waals surface area contributed by atoms with E-state index in [1.807, 2.05) is 22.8 Å². The maximum Gasteiger partial charge on any atom is 0.329 e. The third-order valence-electron chi connectivity index (χ3n) is 3.03. The fourth-order valence-corrected chi connectivity index (χ4v) is 2.07. The summed E-state index contributed by atoms with van der Waals surface area (Å²) in [6, 6.07) is 6.02. The summed E-state index contributed by atoms with van der Waals surface area (Å²) in [5, 5.41) is 0. The number of aryl methyl sites for hydroxylation is 1. The number of nitrogen functional groups attached to an aromatic ring is 1. The molecule has 1 aliphatic rings. The number of hydrogen-bond donors (Lipinski definition) is 1. The van der Waals surface area contributed by atoms with Crippen LogP contribution in [0.2, 0.25) is 0 Å². The predicted molar refractivity (Wildman–Crippen MR) is 59.9 cm³/mol. The van der Waals surface area contributed by atoms with Crippen molar-refractivity contribution in [3.8, 4) is 0 Å². The molecule has 2 N–H and O–H groups in total. The van der Waals surface area contributed by atoms with E-state index in [1.54, 1.807) is 11.6 Å². The molecule has 1 heterocycles. The molecule has 0 radical (unpaired) electrons. The summed E-state index contributed by atoms with van der Waals surface area (Å²) in [7, 11) is 1.81. The Balaban J connectivity index is 2.45. The Kier molecular flexibility index (Phi) is 1.52. The van der Waals surface area contributed by atoms with Crippen molar-refractivity contribution in [3.63, 3.8) is 0 Å². The molecule has 0 aliphatic heterocycles. The molecule has 2 aromatic rings. The molecule has 15 heavy (non-hydrogen) atoms. The van der Waals surface area contributed by atoms with Gasteiger partial charge in [0.2, 0.25) is 0 Å². The van der Waals surface area contributed by atoms with Gasteiger partial charge in [-0.05, 0) is 31.0 Å². The predicted octanol–water partition coefficient (Wildman–Crippen LogP) is 1.26. The molecule has 0 atom stereocenters. The Hall–Kier alpha value is -1.71. The van der Waals surface area contributed by atoms with Gasteiger partial charge in [-0.25, -0.2) is 4.79 Å². The van der Waals surface area contributed by atoms with Gasteiger partial charge in [-0.15, -0.1) is 0 Å². The number of anilines is 1. The molecule has 0 spiro atoms. The second-order valence-electron chi connectivity index (χ2n) is 4.19. The van der Waals surface area contributed by atoms with E-state index >= 15 is 0 Å². The van der Waals surface area contributed by atoms with Crippen molar-refractivity contribution in [1.29, 1.82) is 0 Å². The molecule has 0 unspecified atom stereocenters. The highest BCUT2D eigenvalue weighted by Crippen LogP contribution is 2.36. The van der Waals surface area contributed by atoms with Crippen molar-refractivity contribution in [2.75, 3.05) is 5.73 Å². The molecule has 0 bridgehead atoms. The highest BCUT2D eigenvalue weighted by atomic mass is 16.1. The van der Waals surface area contributed by atoms with Gasteiger partial charge in [-0.2, -0.15) is 0 Å². The third-order valence-corrected chi connectivity index (χ3v) is 3.03. The molecule has 1 aromatic carbocycles. The van der Waals surface area contributed by atoms with E-state index in [0.29, 0.717) is 11.7 Å². The van der Waals surface area contributed by atoms with Crippen LogP contribution < -0.4 is 11.4 Å². The van der Waals surface area contributed by atoms with Gasteiger partial charge in [0, 0.05) is 18.8 Å². The van der Waals surface area contributed by atoms with Gasteiger partial charge in [0.25, 0.3) is 0 Å². The third kappa shape index (κ3) is 1.11. The van der Waals surface area contributed by atoms with Gasteiger partial charge in [0.05, 0.1) is 11.0 Å². The van der Waals surface area contributed by atoms with Crippen LogP contribution in [0.1, 0.15) is 18.9 Å². The van der Waals surface area contributed by atoms with Crippen LogP contribution in [0, 0.1) is 0 Å². The maximum atomic E-state index is 12.0. The zero-order valence-electron chi connectivity index (χ0n) is 8.60. The van der Waals surface area contributed by atoms with Crippen LogP contribution in [-0.4, -0.2) is 9.13 Å². The Morgan fingerprint density at radius 1 is 1.33 bits per heavy atom. The molecule has 4 heteroatoms. The number of rotatable bonds is 1. The van der Waals surface area contributed by atoms with Crippen LogP contribution in [0.3, 0.4) is 0 Å². The first-order chi connectivity index (χ1) is 7.18. The van der Waals surface area contributed by atoms with E-state index in [2.05, 4.69) is 0 Å². The second kappa shape index (κ2) is 2.66. The van der Waals surface area contributed by atoms with Crippen LogP contribution in [0.25, 0.3) is 11.0 Å². The Labute approximate surface area is 86.9 Å². The average molecular weight is 203 g/mol.